The average molecular weight is 247 g/mol. The van der Waals surface area contributed by atoms with Crippen molar-refractivity contribution in [1.29, 1.82) is 0 Å². The Balaban J connectivity index is 2.56. The summed E-state index contributed by atoms with van der Waals surface area (Å²) in [5, 5.41) is 19.8. The van der Waals surface area contributed by atoms with Crippen LogP contribution < -0.4 is 0 Å². The molecule has 0 aliphatic carbocycles. The number of aliphatic hydroxyl groups is 2. The molecule has 1 heterocycles. The Morgan fingerprint density at radius 3 is 2.78 bits per heavy atom. The van der Waals surface area contributed by atoms with E-state index in [0.29, 0.717) is 5.39 Å². The lowest BCUT2D eigenvalue weighted by Gasteiger charge is -2.10. The Morgan fingerprint density at radius 1 is 1.39 bits per heavy atom. The molecule has 2 N–H and O–H groups in total. The van der Waals surface area contributed by atoms with Crippen LogP contribution in [0.4, 0.5) is 0 Å². The van der Waals surface area contributed by atoms with Crippen molar-refractivity contribution >= 4 is 22.8 Å². The van der Waals surface area contributed by atoms with E-state index in [1.54, 1.807) is 18.3 Å². The molecule has 0 fully saturated rings. The molecular formula is C13H13NO4. The molecule has 0 amide bonds. The standard InChI is InChI=1S/C13H13NO4/c15-7-10(17)6-14-5-9-3-1-2-4-11(9)13(14)12(18)8-16/h1-5,8,10,15,17H,6-7H2. The van der Waals surface area contributed by atoms with Crippen molar-refractivity contribution in [2.24, 2.45) is 0 Å². The summed E-state index contributed by atoms with van der Waals surface area (Å²) in [7, 11) is 0. The number of ketones is 1. The fraction of sp³-hybridized carbons (Fsp3) is 0.231. The lowest BCUT2D eigenvalue weighted by atomic mass is 10.1. The average Bonchev–Trinajstić information content (AvgIpc) is 2.75. The van der Waals surface area contributed by atoms with Crippen molar-refractivity contribution in [3.8, 4) is 0 Å². The molecule has 1 aromatic carbocycles. The van der Waals surface area contributed by atoms with Gasteiger partial charge in [-0.1, -0.05) is 24.3 Å². The predicted octanol–water partition coefficient (Wildman–Crippen LogP) is 0.376. The number of carbonyl (C=O) groups excluding carboxylic acids is 2. The van der Waals surface area contributed by atoms with Crippen LogP contribution >= 0.6 is 0 Å². The van der Waals surface area contributed by atoms with Gasteiger partial charge in [0.2, 0.25) is 5.78 Å². The van der Waals surface area contributed by atoms with Crippen LogP contribution in [-0.2, 0) is 11.3 Å². The van der Waals surface area contributed by atoms with Crippen molar-refractivity contribution < 1.29 is 19.8 Å². The Bertz CT molecular complexity index is 588. The molecule has 1 unspecified atom stereocenters. The van der Waals surface area contributed by atoms with Crippen LogP contribution in [0.1, 0.15) is 10.5 Å². The minimum absolute atomic E-state index is 0.0695. The van der Waals surface area contributed by atoms with Crippen LogP contribution in [0.25, 0.3) is 10.8 Å². The number of benzene rings is 1. The van der Waals surface area contributed by atoms with Gasteiger partial charge in [0.1, 0.15) is 5.69 Å². The number of carbonyl (C=O) groups is 2. The van der Waals surface area contributed by atoms with E-state index in [4.69, 9.17) is 5.11 Å². The van der Waals surface area contributed by atoms with E-state index in [1.807, 2.05) is 12.1 Å². The van der Waals surface area contributed by atoms with Crippen molar-refractivity contribution in [3.05, 3.63) is 36.2 Å². The predicted molar refractivity (Wildman–Crippen MR) is 65.4 cm³/mol. The van der Waals surface area contributed by atoms with E-state index in [9.17, 15) is 14.7 Å². The van der Waals surface area contributed by atoms with Gasteiger partial charge < -0.3 is 14.8 Å². The van der Waals surface area contributed by atoms with Crippen LogP contribution in [-0.4, -0.2) is 39.6 Å². The van der Waals surface area contributed by atoms with Crippen LogP contribution in [0.2, 0.25) is 0 Å². The van der Waals surface area contributed by atoms with Gasteiger partial charge in [-0.25, -0.2) is 0 Å². The smallest absolute Gasteiger partial charge is 0.242 e. The maximum atomic E-state index is 11.6. The highest BCUT2D eigenvalue weighted by atomic mass is 16.3. The summed E-state index contributed by atoms with van der Waals surface area (Å²) < 4.78 is 1.50. The number of nitrogens with zero attached hydrogens (tertiary/aromatic N) is 1. The number of rotatable bonds is 5. The van der Waals surface area contributed by atoms with Gasteiger partial charge in [0.25, 0.3) is 0 Å². The number of hydrogen-bond donors (Lipinski definition) is 2. The maximum Gasteiger partial charge on any atom is 0.242 e. The normalized spacial score (nSPS) is 12.6. The fourth-order valence-corrected chi connectivity index (χ4v) is 1.97. The molecule has 0 aliphatic rings. The Morgan fingerprint density at radius 2 is 2.11 bits per heavy atom. The van der Waals surface area contributed by atoms with Crippen molar-refractivity contribution in [2.75, 3.05) is 6.61 Å². The molecule has 5 nitrogen and oxygen atoms in total. The van der Waals surface area contributed by atoms with E-state index in [2.05, 4.69) is 0 Å². The highest BCUT2D eigenvalue weighted by Gasteiger charge is 2.17. The molecule has 0 spiro atoms. The van der Waals surface area contributed by atoms with E-state index in [1.165, 1.54) is 4.57 Å². The zero-order chi connectivity index (χ0) is 13.1. The summed E-state index contributed by atoms with van der Waals surface area (Å²) in [5.74, 6) is -0.638. The first-order valence-corrected chi connectivity index (χ1v) is 5.53. The molecule has 5 heteroatoms. The van der Waals surface area contributed by atoms with Gasteiger partial charge in [-0.15, -0.1) is 0 Å². The first-order chi connectivity index (χ1) is 8.67. The quantitative estimate of drug-likeness (QED) is 0.454. The SMILES string of the molecule is O=CC(=O)c1c2ccccc2cn1CC(O)CO. The Hall–Kier alpha value is -1.98. The largest absolute Gasteiger partial charge is 0.394 e. The van der Waals surface area contributed by atoms with Crippen LogP contribution in [0, 0.1) is 0 Å². The zero-order valence-corrected chi connectivity index (χ0v) is 9.61. The molecule has 0 saturated heterocycles. The van der Waals surface area contributed by atoms with Crippen molar-refractivity contribution in [3.63, 3.8) is 0 Å². The number of hydrogen-bond acceptors (Lipinski definition) is 4. The minimum Gasteiger partial charge on any atom is -0.394 e. The lowest BCUT2D eigenvalue weighted by Crippen LogP contribution is -2.22. The highest BCUT2D eigenvalue weighted by Crippen LogP contribution is 2.21. The molecule has 0 aliphatic heterocycles. The van der Waals surface area contributed by atoms with E-state index in [0.717, 1.165) is 5.39 Å². The third-order valence-corrected chi connectivity index (χ3v) is 2.76. The molecule has 94 valence electrons. The lowest BCUT2D eigenvalue weighted by molar-refractivity contribution is -0.104. The summed E-state index contributed by atoms with van der Waals surface area (Å²) >= 11 is 0. The van der Waals surface area contributed by atoms with Gasteiger partial charge in [0.15, 0.2) is 6.29 Å². The van der Waals surface area contributed by atoms with E-state index >= 15 is 0 Å². The molecule has 18 heavy (non-hydrogen) atoms. The molecule has 2 aromatic rings. The molecule has 2 rings (SSSR count). The highest BCUT2D eigenvalue weighted by molar-refractivity contribution is 6.35. The first-order valence-electron chi connectivity index (χ1n) is 5.53. The summed E-state index contributed by atoms with van der Waals surface area (Å²) in [6.07, 6.45) is 0.971. The van der Waals surface area contributed by atoms with Gasteiger partial charge in [-0.3, -0.25) is 9.59 Å². The molecule has 1 atom stereocenters. The number of Topliss-reactive ketones (excluding diaryl/α,β-unsaturated/α-hetero) is 1. The van der Waals surface area contributed by atoms with Gasteiger partial charge in [-0.2, -0.15) is 0 Å². The van der Waals surface area contributed by atoms with Gasteiger partial charge in [-0.05, 0) is 0 Å². The molecule has 0 radical (unpaired) electrons. The summed E-state index contributed by atoms with van der Waals surface area (Å²) in [5.41, 5.74) is 0.244. The van der Waals surface area contributed by atoms with Gasteiger partial charge in [0.05, 0.1) is 19.3 Å². The van der Waals surface area contributed by atoms with Crippen LogP contribution in [0.15, 0.2) is 30.5 Å². The monoisotopic (exact) mass is 247 g/mol. The second kappa shape index (κ2) is 5.12. The van der Waals surface area contributed by atoms with E-state index in [-0.39, 0.29) is 18.5 Å². The Labute approximate surface area is 103 Å². The maximum absolute atomic E-state index is 11.6. The molecule has 1 aromatic heterocycles. The van der Waals surface area contributed by atoms with Crippen LogP contribution in [0.5, 0.6) is 0 Å². The third kappa shape index (κ3) is 2.18. The number of aliphatic hydroxyl groups excluding tert-OH is 2. The minimum atomic E-state index is -0.968. The molecule has 0 saturated carbocycles. The zero-order valence-electron chi connectivity index (χ0n) is 9.61. The summed E-state index contributed by atoms with van der Waals surface area (Å²) in [6.45, 7) is -0.330. The van der Waals surface area contributed by atoms with Crippen molar-refractivity contribution in [2.45, 2.75) is 12.6 Å². The van der Waals surface area contributed by atoms with Crippen molar-refractivity contribution in [1.82, 2.24) is 4.57 Å². The molecular weight excluding hydrogens is 234 g/mol. The summed E-state index contributed by atoms with van der Waals surface area (Å²) in [4.78, 5) is 22.3. The molecule has 0 bridgehead atoms. The second-order valence-corrected chi connectivity index (χ2v) is 4.04. The number of aldehydes is 1. The number of fused-ring (bicyclic) bond motifs is 1. The van der Waals surface area contributed by atoms with Gasteiger partial charge >= 0.3 is 0 Å². The fourth-order valence-electron chi connectivity index (χ4n) is 1.97. The Kier molecular flexibility index (Phi) is 3.55. The first kappa shape index (κ1) is 12.5. The van der Waals surface area contributed by atoms with Gasteiger partial charge in [0, 0.05) is 17.0 Å². The topological polar surface area (TPSA) is 79.5 Å². The van der Waals surface area contributed by atoms with E-state index < -0.39 is 18.5 Å². The van der Waals surface area contributed by atoms with Crippen LogP contribution in [0.3, 0.4) is 0 Å². The second-order valence-electron chi connectivity index (χ2n) is 4.04. The third-order valence-electron chi connectivity index (χ3n) is 2.76. The number of aromatic nitrogens is 1. The summed E-state index contributed by atoms with van der Waals surface area (Å²) in [6, 6.07) is 7.16.